The average molecular weight is 584 g/mol. The third kappa shape index (κ3) is 7.86. The number of carbonyl (C=O) groups is 1. The summed E-state index contributed by atoms with van der Waals surface area (Å²) < 4.78 is 0. The zero-order valence-corrected chi connectivity index (χ0v) is 26.9. The third-order valence-corrected chi connectivity index (χ3v) is 10.9. The first-order valence-electron chi connectivity index (χ1n) is 17.1. The minimum Gasteiger partial charge on any atom is -0.339 e. The summed E-state index contributed by atoms with van der Waals surface area (Å²) in [7, 11) is 0. The Labute approximate surface area is 256 Å². The van der Waals surface area contributed by atoms with Gasteiger partial charge in [-0.05, 0) is 81.4 Å². The summed E-state index contributed by atoms with van der Waals surface area (Å²) >= 11 is 0. The average Bonchev–Trinajstić information content (AvgIpc) is 3.33. The fraction of sp³-hybridized carbons (Fsp3) is 0.794. The van der Waals surface area contributed by atoms with E-state index in [0.29, 0.717) is 37.6 Å². The van der Waals surface area contributed by atoms with Crippen LogP contribution in [0.25, 0.3) is 0 Å². The van der Waals surface area contributed by atoms with Crippen molar-refractivity contribution in [1.82, 2.24) is 20.4 Å². The van der Waals surface area contributed by atoms with Gasteiger partial charge in [0.15, 0.2) is 0 Å². The van der Waals surface area contributed by atoms with Crippen LogP contribution in [-0.2, 0) is 4.79 Å². The van der Waals surface area contributed by atoms with Crippen molar-refractivity contribution in [2.75, 3.05) is 70.5 Å². The van der Waals surface area contributed by atoms with Gasteiger partial charge in [-0.3, -0.25) is 14.6 Å². The number of para-hydroxylation sites is 1. The molecule has 42 heavy (non-hydrogen) atoms. The van der Waals surface area contributed by atoms with Gasteiger partial charge in [-0.25, -0.2) is 0 Å². The normalized spacial score (nSPS) is 27.7. The minimum absolute atomic E-state index is 0.246. The van der Waals surface area contributed by atoms with E-state index in [1.807, 2.05) is 0 Å². The van der Waals surface area contributed by atoms with Crippen molar-refractivity contribution in [1.29, 1.82) is 0 Å². The number of hydrogen-bond donors (Lipinski definition) is 4. The monoisotopic (exact) mass is 583 g/mol. The Balaban J connectivity index is 1.45. The molecule has 2 saturated heterocycles. The van der Waals surface area contributed by atoms with Gasteiger partial charge in [-0.2, -0.15) is 0 Å². The molecule has 6 N–H and O–H groups in total. The Kier molecular flexibility index (Phi) is 12.9. The quantitative estimate of drug-likeness (QED) is 0.221. The van der Waals surface area contributed by atoms with Crippen molar-refractivity contribution >= 4 is 11.6 Å². The lowest BCUT2D eigenvalue weighted by molar-refractivity contribution is -0.129. The highest BCUT2D eigenvalue weighted by molar-refractivity contribution is 5.94. The Morgan fingerprint density at radius 1 is 1.05 bits per heavy atom. The zero-order chi connectivity index (χ0) is 30.0. The maximum atomic E-state index is 13.9. The summed E-state index contributed by atoms with van der Waals surface area (Å²) in [6.07, 6.45) is 9.61. The summed E-state index contributed by atoms with van der Waals surface area (Å²) in [6, 6.07) is 11.3. The molecule has 1 aromatic carbocycles. The van der Waals surface area contributed by atoms with E-state index in [-0.39, 0.29) is 5.91 Å². The lowest BCUT2D eigenvalue weighted by atomic mass is 9.67. The maximum Gasteiger partial charge on any atom is 0.247 e. The fourth-order valence-corrected chi connectivity index (χ4v) is 8.35. The molecule has 2 aliphatic heterocycles. The second-order valence-corrected chi connectivity index (χ2v) is 13.5. The van der Waals surface area contributed by atoms with Crippen molar-refractivity contribution in [3.8, 4) is 0 Å². The Hall–Kier alpha value is -1.71. The Morgan fingerprint density at radius 2 is 1.76 bits per heavy atom. The summed E-state index contributed by atoms with van der Waals surface area (Å²) in [5.74, 6) is 2.72. The van der Waals surface area contributed by atoms with E-state index in [4.69, 9.17) is 11.5 Å². The van der Waals surface area contributed by atoms with Crippen LogP contribution in [0.4, 0.5) is 5.69 Å². The first-order valence-corrected chi connectivity index (χ1v) is 17.1. The molecule has 3 atom stereocenters. The van der Waals surface area contributed by atoms with Gasteiger partial charge >= 0.3 is 0 Å². The molecule has 1 aromatic rings. The number of rotatable bonds is 16. The molecule has 1 saturated carbocycles. The molecule has 1 amide bonds. The van der Waals surface area contributed by atoms with Crippen LogP contribution >= 0.6 is 0 Å². The number of nitrogens with one attached hydrogen (secondary N) is 2. The molecular weight excluding hydrogens is 522 g/mol. The fourth-order valence-electron chi connectivity index (χ4n) is 8.35. The molecule has 0 bridgehead atoms. The second kappa shape index (κ2) is 16.4. The molecular formula is C34H61N7O. The topological polar surface area (TPSA) is 103 Å². The number of nitrogens with two attached hydrogens (primary N) is 2. The Bertz CT molecular complexity index is 916. The SMILES string of the molecule is CCC(CCCNCCN(CCN)CCN)[C@@H]1CN(C2CCC(C(C)C)CC2)CC[C@@]12C(=O)NCN2c1ccccc1. The van der Waals surface area contributed by atoms with E-state index in [2.05, 4.69) is 76.4 Å². The summed E-state index contributed by atoms with van der Waals surface area (Å²) in [6.45, 7) is 15.9. The van der Waals surface area contributed by atoms with E-state index >= 15 is 0 Å². The summed E-state index contributed by atoms with van der Waals surface area (Å²) in [5.41, 5.74) is 12.3. The number of nitrogens with zero attached hydrogens (tertiary/aromatic N) is 3. The number of hydrogen-bond acceptors (Lipinski definition) is 7. The van der Waals surface area contributed by atoms with Gasteiger partial charge in [0.05, 0.1) is 6.67 Å². The lowest BCUT2D eigenvalue weighted by Crippen LogP contribution is -2.65. The van der Waals surface area contributed by atoms with Crippen LogP contribution in [0.15, 0.2) is 30.3 Å². The van der Waals surface area contributed by atoms with Crippen molar-refractivity contribution in [2.24, 2.45) is 35.1 Å². The smallest absolute Gasteiger partial charge is 0.247 e. The van der Waals surface area contributed by atoms with E-state index in [1.165, 1.54) is 31.4 Å². The van der Waals surface area contributed by atoms with Gasteiger partial charge in [0.25, 0.3) is 0 Å². The molecule has 1 unspecified atom stereocenters. The number of benzene rings is 1. The molecule has 8 nitrogen and oxygen atoms in total. The molecule has 4 rings (SSSR count). The van der Waals surface area contributed by atoms with Gasteiger partial charge in [-0.15, -0.1) is 0 Å². The Morgan fingerprint density at radius 3 is 2.40 bits per heavy atom. The van der Waals surface area contributed by atoms with Crippen LogP contribution in [0.3, 0.4) is 0 Å². The number of anilines is 1. The van der Waals surface area contributed by atoms with Gasteiger partial charge < -0.3 is 27.0 Å². The van der Waals surface area contributed by atoms with Crippen LogP contribution in [0.2, 0.25) is 0 Å². The first kappa shape index (κ1) is 33.2. The maximum absolute atomic E-state index is 13.9. The van der Waals surface area contributed by atoms with Crippen LogP contribution in [0, 0.1) is 23.7 Å². The van der Waals surface area contributed by atoms with Crippen LogP contribution in [-0.4, -0.2) is 92.9 Å². The predicted octanol–water partition coefficient (Wildman–Crippen LogP) is 3.47. The van der Waals surface area contributed by atoms with E-state index in [0.717, 1.165) is 83.3 Å². The molecule has 3 aliphatic rings. The molecule has 1 aliphatic carbocycles. The number of carbonyl (C=O) groups excluding carboxylic acids is 1. The summed E-state index contributed by atoms with van der Waals surface area (Å²) in [4.78, 5) is 21.5. The lowest BCUT2D eigenvalue weighted by Gasteiger charge is -2.53. The highest BCUT2D eigenvalue weighted by Crippen LogP contribution is 2.46. The zero-order valence-electron chi connectivity index (χ0n) is 26.9. The highest BCUT2D eigenvalue weighted by Gasteiger charge is 2.58. The first-order chi connectivity index (χ1) is 20.4. The number of amides is 1. The van der Waals surface area contributed by atoms with E-state index < -0.39 is 5.54 Å². The van der Waals surface area contributed by atoms with E-state index in [1.54, 1.807) is 0 Å². The summed E-state index contributed by atoms with van der Waals surface area (Å²) in [5, 5.41) is 6.97. The standard InChI is InChI=1S/C34H61N7O/c1-4-28(9-8-19-37-20-24-39(22-17-35)23-18-36)32-25-40(30-14-12-29(13-15-30)27(2)3)21-16-34(32)33(42)38-26-41(34)31-10-6-5-7-11-31/h5-7,10-11,27-30,32,37H,4,8-9,12-26,35-36H2,1-3H3,(H,38,42)/t28?,29?,30?,32-,34-/m0/s1. The van der Waals surface area contributed by atoms with Crippen LogP contribution in [0.5, 0.6) is 0 Å². The largest absolute Gasteiger partial charge is 0.339 e. The number of likely N-dealkylation sites (tertiary alicyclic amines) is 1. The van der Waals surface area contributed by atoms with Crippen LogP contribution < -0.4 is 27.0 Å². The van der Waals surface area contributed by atoms with Crippen molar-refractivity contribution in [3.05, 3.63) is 30.3 Å². The van der Waals surface area contributed by atoms with Gasteiger partial charge in [0.1, 0.15) is 5.54 Å². The van der Waals surface area contributed by atoms with Gasteiger partial charge in [0, 0.05) is 70.0 Å². The van der Waals surface area contributed by atoms with Gasteiger partial charge in [0.2, 0.25) is 5.91 Å². The van der Waals surface area contributed by atoms with Crippen molar-refractivity contribution in [2.45, 2.75) is 83.7 Å². The highest BCUT2D eigenvalue weighted by atomic mass is 16.2. The van der Waals surface area contributed by atoms with Crippen LogP contribution in [0.1, 0.15) is 72.1 Å². The minimum atomic E-state index is -0.466. The predicted molar refractivity (Wildman–Crippen MR) is 175 cm³/mol. The number of piperidine rings is 1. The molecule has 0 aromatic heterocycles. The third-order valence-electron chi connectivity index (χ3n) is 10.9. The second-order valence-electron chi connectivity index (χ2n) is 13.5. The van der Waals surface area contributed by atoms with Crippen molar-refractivity contribution in [3.63, 3.8) is 0 Å². The van der Waals surface area contributed by atoms with Gasteiger partial charge in [-0.1, -0.05) is 45.4 Å². The molecule has 2 heterocycles. The molecule has 1 spiro atoms. The van der Waals surface area contributed by atoms with Crippen molar-refractivity contribution < 1.29 is 4.79 Å². The molecule has 8 heteroatoms. The molecule has 0 radical (unpaired) electrons. The molecule has 238 valence electrons. The molecule has 3 fully saturated rings. The van der Waals surface area contributed by atoms with E-state index in [9.17, 15) is 4.79 Å².